The summed E-state index contributed by atoms with van der Waals surface area (Å²) in [5.41, 5.74) is 2.20. The molecule has 0 heterocycles. The van der Waals surface area contributed by atoms with Crippen molar-refractivity contribution in [2.24, 2.45) is 10.4 Å². The van der Waals surface area contributed by atoms with Crippen LogP contribution in [0.3, 0.4) is 0 Å². The van der Waals surface area contributed by atoms with Gasteiger partial charge in [0.15, 0.2) is 0 Å². The molecule has 0 fully saturated rings. The van der Waals surface area contributed by atoms with Gasteiger partial charge in [0, 0.05) is 12.5 Å². The lowest BCUT2D eigenvalue weighted by atomic mass is 9.83. The third kappa shape index (κ3) is 6.95. The van der Waals surface area contributed by atoms with Crippen molar-refractivity contribution in [3.63, 3.8) is 0 Å². The van der Waals surface area contributed by atoms with Crippen LogP contribution in [0.2, 0.25) is 0 Å². The molecule has 26 heavy (non-hydrogen) atoms. The van der Waals surface area contributed by atoms with Crippen LogP contribution in [0.15, 0.2) is 78.3 Å². The SMILES string of the molecule is C=CCC(CC=NC)(COCc1ccccc1)COCc1ccccc1. The number of nitrogens with zero attached hydrogens (tertiary/aromatic N) is 1. The standard InChI is InChI=1S/C23H29NO2/c1-3-14-23(15-16-24-2,19-25-17-21-10-6-4-7-11-21)20-26-18-22-12-8-5-9-13-22/h3-13,16H,1,14-15,17-20H2,2H3. The normalized spacial score (nSPS) is 11.7. The highest BCUT2D eigenvalue weighted by Gasteiger charge is 2.29. The summed E-state index contributed by atoms with van der Waals surface area (Å²) in [5, 5.41) is 0. The molecule has 3 heteroatoms. The minimum Gasteiger partial charge on any atom is -0.376 e. The van der Waals surface area contributed by atoms with Gasteiger partial charge in [-0.1, -0.05) is 66.7 Å². The Labute approximate surface area is 157 Å². The first-order valence-electron chi connectivity index (χ1n) is 9.03. The topological polar surface area (TPSA) is 30.8 Å². The van der Waals surface area contributed by atoms with Crippen LogP contribution in [0.4, 0.5) is 0 Å². The molecule has 0 saturated heterocycles. The quantitative estimate of drug-likeness (QED) is 0.395. The highest BCUT2D eigenvalue weighted by molar-refractivity contribution is 5.58. The predicted octanol–water partition coefficient (Wildman–Crippen LogP) is 5.07. The molecule has 2 aromatic carbocycles. The van der Waals surface area contributed by atoms with E-state index in [1.165, 1.54) is 11.1 Å². The maximum atomic E-state index is 6.05. The van der Waals surface area contributed by atoms with E-state index in [-0.39, 0.29) is 5.41 Å². The van der Waals surface area contributed by atoms with Crippen molar-refractivity contribution in [1.82, 2.24) is 0 Å². The summed E-state index contributed by atoms with van der Waals surface area (Å²) in [5.74, 6) is 0. The van der Waals surface area contributed by atoms with Gasteiger partial charge in [-0.2, -0.15) is 0 Å². The van der Waals surface area contributed by atoms with Crippen LogP contribution < -0.4 is 0 Å². The van der Waals surface area contributed by atoms with E-state index in [1.54, 1.807) is 7.05 Å². The summed E-state index contributed by atoms with van der Waals surface area (Å²) in [4.78, 5) is 4.16. The monoisotopic (exact) mass is 351 g/mol. The first-order valence-corrected chi connectivity index (χ1v) is 9.03. The number of hydrogen-bond acceptors (Lipinski definition) is 3. The van der Waals surface area contributed by atoms with E-state index in [0.29, 0.717) is 26.4 Å². The first kappa shape index (κ1) is 20.1. The van der Waals surface area contributed by atoms with Crippen LogP contribution in [-0.2, 0) is 22.7 Å². The van der Waals surface area contributed by atoms with Crippen LogP contribution in [0.1, 0.15) is 24.0 Å². The molecule has 0 bridgehead atoms. The van der Waals surface area contributed by atoms with Crippen molar-refractivity contribution in [2.45, 2.75) is 26.1 Å². The average Bonchev–Trinajstić information content (AvgIpc) is 2.68. The molecule has 0 saturated carbocycles. The van der Waals surface area contributed by atoms with Gasteiger partial charge in [-0.15, -0.1) is 6.58 Å². The van der Waals surface area contributed by atoms with E-state index in [9.17, 15) is 0 Å². The molecule has 0 aromatic heterocycles. The summed E-state index contributed by atoms with van der Waals surface area (Å²) in [6.07, 6.45) is 5.52. The van der Waals surface area contributed by atoms with Crippen molar-refractivity contribution in [2.75, 3.05) is 20.3 Å². The van der Waals surface area contributed by atoms with Crippen molar-refractivity contribution in [3.05, 3.63) is 84.4 Å². The molecule has 2 aromatic rings. The second-order valence-corrected chi connectivity index (χ2v) is 6.59. The Hall–Kier alpha value is -2.23. The van der Waals surface area contributed by atoms with Crippen molar-refractivity contribution < 1.29 is 9.47 Å². The Morgan fingerprint density at radius 2 is 1.35 bits per heavy atom. The number of ether oxygens (including phenoxy) is 2. The van der Waals surface area contributed by atoms with E-state index >= 15 is 0 Å². The van der Waals surface area contributed by atoms with Gasteiger partial charge in [0.25, 0.3) is 0 Å². The van der Waals surface area contributed by atoms with Crippen LogP contribution in [-0.4, -0.2) is 26.5 Å². The number of benzene rings is 2. The number of aliphatic imine (C=N–C) groups is 1. The molecule has 0 aliphatic heterocycles. The third-order valence-electron chi connectivity index (χ3n) is 4.32. The molecular formula is C23H29NO2. The second-order valence-electron chi connectivity index (χ2n) is 6.59. The summed E-state index contributed by atoms with van der Waals surface area (Å²) in [6.45, 7) is 6.34. The Kier molecular flexibility index (Phi) is 8.81. The molecule has 3 nitrogen and oxygen atoms in total. The Morgan fingerprint density at radius 1 is 0.846 bits per heavy atom. The zero-order chi connectivity index (χ0) is 18.5. The van der Waals surface area contributed by atoms with Gasteiger partial charge >= 0.3 is 0 Å². The van der Waals surface area contributed by atoms with E-state index in [4.69, 9.17) is 9.47 Å². The molecule has 0 N–H and O–H groups in total. The molecule has 0 atom stereocenters. The van der Waals surface area contributed by atoms with Gasteiger partial charge in [-0.05, 0) is 30.2 Å². The third-order valence-corrected chi connectivity index (χ3v) is 4.32. The fourth-order valence-corrected chi connectivity index (χ4v) is 2.87. The average molecular weight is 351 g/mol. The predicted molar refractivity (Wildman–Crippen MR) is 108 cm³/mol. The van der Waals surface area contributed by atoms with E-state index in [2.05, 4.69) is 35.8 Å². The summed E-state index contributed by atoms with van der Waals surface area (Å²) < 4.78 is 12.1. The lowest BCUT2D eigenvalue weighted by Crippen LogP contribution is -2.32. The number of hydrogen-bond donors (Lipinski definition) is 0. The summed E-state index contributed by atoms with van der Waals surface area (Å²) in [6, 6.07) is 20.5. The highest BCUT2D eigenvalue weighted by Crippen LogP contribution is 2.28. The second kappa shape index (κ2) is 11.4. The largest absolute Gasteiger partial charge is 0.376 e. The van der Waals surface area contributed by atoms with E-state index in [0.717, 1.165) is 12.8 Å². The smallest absolute Gasteiger partial charge is 0.0717 e. The number of allylic oxidation sites excluding steroid dienone is 1. The zero-order valence-corrected chi connectivity index (χ0v) is 15.6. The molecule has 2 rings (SSSR count). The van der Waals surface area contributed by atoms with Crippen LogP contribution in [0.5, 0.6) is 0 Å². The summed E-state index contributed by atoms with van der Waals surface area (Å²) >= 11 is 0. The minimum absolute atomic E-state index is 0.148. The van der Waals surface area contributed by atoms with E-state index in [1.807, 2.05) is 48.7 Å². The fraction of sp³-hybridized carbons (Fsp3) is 0.348. The summed E-state index contributed by atoms with van der Waals surface area (Å²) in [7, 11) is 1.80. The molecule has 0 spiro atoms. The molecule has 138 valence electrons. The van der Waals surface area contributed by atoms with Crippen LogP contribution >= 0.6 is 0 Å². The van der Waals surface area contributed by atoms with Crippen LogP contribution in [0, 0.1) is 5.41 Å². The maximum absolute atomic E-state index is 6.05. The van der Waals surface area contributed by atoms with Gasteiger partial charge in [0.2, 0.25) is 0 Å². The lowest BCUT2D eigenvalue weighted by molar-refractivity contribution is -0.0277. The van der Waals surface area contributed by atoms with Gasteiger partial charge in [-0.25, -0.2) is 0 Å². The van der Waals surface area contributed by atoms with Crippen molar-refractivity contribution >= 4 is 6.21 Å². The molecule has 0 radical (unpaired) electrons. The molecule has 0 aliphatic rings. The van der Waals surface area contributed by atoms with Crippen molar-refractivity contribution in [1.29, 1.82) is 0 Å². The first-order chi connectivity index (χ1) is 12.8. The molecule has 0 amide bonds. The van der Waals surface area contributed by atoms with Gasteiger partial charge in [0.1, 0.15) is 0 Å². The minimum atomic E-state index is -0.148. The Morgan fingerprint density at radius 3 is 1.77 bits per heavy atom. The van der Waals surface area contributed by atoms with Crippen molar-refractivity contribution in [3.8, 4) is 0 Å². The lowest BCUT2D eigenvalue weighted by Gasteiger charge is -2.31. The van der Waals surface area contributed by atoms with Gasteiger partial charge in [0.05, 0.1) is 26.4 Å². The van der Waals surface area contributed by atoms with Gasteiger partial charge < -0.3 is 14.5 Å². The Bertz CT molecular complexity index is 607. The molecule has 0 aliphatic carbocycles. The maximum Gasteiger partial charge on any atom is 0.0717 e. The van der Waals surface area contributed by atoms with Gasteiger partial charge in [-0.3, -0.25) is 0 Å². The van der Waals surface area contributed by atoms with Crippen LogP contribution in [0.25, 0.3) is 0 Å². The zero-order valence-electron chi connectivity index (χ0n) is 15.6. The number of rotatable bonds is 12. The fourth-order valence-electron chi connectivity index (χ4n) is 2.87. The highest BCUT2D eigenvalue weighted by atomic mass is 16.5. The molecule has 0 unspecified atom stereocenters. The molecular weight excluding hydrogens is 322 g/mol. The van der Waals surface area contributed by atoms with E-state index < -0.39 is 0 Å². The Balaban J connectivity index is 1.95.